The fourth-order valence-corrected chi connectivity index (χ4v) is 3.13. The molecule has 0 aliphatic carbocycles. The maximum Gasteiger partial charge on any atom is 0.404 e. The van der Waals surface area contributed by atoms with Gasteiger partial charge in [0, 0.05) is 17.7 Å². The summed E-state index contributed by atoms with van der Waals surface area (Å²) in [6, 6.07) is 5.18. The molecule has 2 aliphatic rings. The maximum absolute atomic E-state index is 11.2. The fourth-order valence-electron chi connectivity index (χ4n) is 3.00. The van der Waals surface area contributed by atoms with Gasteiger partial charge in [-0.1, -0.05) is 7.43 Å². The Hall–Kier alpha value is -3.88. The van der Waals surface area contributed by atoms with E-state index in [0.717, 1.165) is 0 Å². The van der Waals surface area contributed by atoms with Crippen molar-refractivity contribution in [1.29, 1.82) is 0 Å². The Bertz CT molecular complexity index is 1210. The SMILES string of the molecule is C.CC(=O)c1cc2c(cc1[N+](=O)[O-])OCO2.CC(OC(=O)Cl)c1cc2c(cc1[N+](=O)[O-])OCO2.O=C(Cl)Cl. The van der Waals surface area contributed by atoms with Crippen molar-refractivity contribution >= 4 is 62.1 Å². The Kier molecular flexibility index (Phi) is 12.0. The van der Waals surface area contributed by atoms with Crippen molar-refractivity contribution < 1.29 is 47.9 Å². The molecule has 0 radical (unpaired) electrons. The summed E-state index contributed by atoms with van der Waals surface area (Å²) in [7, 11) is 0. The van der Waals surface area contributed by atoms with Crippen LogP contribution < -0.4 is 18.9 Å². The van der Waals surface area contributed by atoms with Gasteiger partial charge in [-0.05, 0) is 43.1 Å². The first-order valence-corrected chi connectivity index (χ1v) is 10.8. The lowest BCUT2D eigenvalue weighted by atomic mass is 10.1. The first-order chi connectivity index (χ1) is 17.3. The predicted octanol–water partition coefficient (Wildman–Crippen LogP) is 6.51. The van der Waals surface area contributed by atoms with E-state index < -0.39 is 26.1 Å². The number of nitrogens with zero attached hydrogens (tertiary/aromatic N) is 2. The summed E-state index contributed by atoms with van der Waals surface area (Å²) < 4.78 is 24.0. The number of hydrogen-bond acceptors (Lipinski definition) is 12. The number of benzene rings is 2. The van der Waals surface area contributed by atoms with E-state index in [1.165, 1.54) is 38.1 Å². The molecule has 38 heavy (non-hydrogen) atoms. The summed E-state index contributed by atoms with van der Waals surface area (Å²) in [5.74, 6) is 0.945. The van der Waals surface area contributed by atoms with Crippen molar-refractivity contribution in [2.24, 2.45) is 0 Å². The molecule has 0 amide bonds. The number of nitro benzene ring substituents is 2. The van der Waals surface area contributed by atoms with Gasteiger partial charge in [0.15, 0.2) is 28.8 Å². The molecule has 0 aromatic heterocycles. The Morgan fingerprint density at radius 3 is 1.63 bits per heavy atom. The molecule has 4 rings (SSSR count). The monoisotopic (exact) mass is 596 g/mol. The van der Waals surface area contributed by atoms with E-state index in [0.29, 0.717) is 17.2 Å². The Morgan fingerprint density at radius 2 is 1.24 bits per heavy atom. The van der Waals surface area contributed by atoms with Crippen LogP contribution in [0, 0.1) is 20.2 Å². The van der Waals surface area contributed by atoms with Crippen LogP contribution in [-0.4, -0.2) is 39.3 Å². The lowest BCUT2D eigenvalue weighted by molar-refractivity contribution is -0.386. The molecule has 2 heterocycles. The largest absolute Gasteiger partial charge is 0.454 e. The molecule has 0 spiro atoms. The summed E-state index contributed by atoms with van der Waals surface area (Å²) in [6.45, 7) is 2.77. The first kappa shape index (κ1) is 32.1. The highest BCUT2D eigenvalue weighted by Gasteiger charge is 2.28. The molecular weight excluding hydrogens is 579 g/mol. The van der Waals surface area contributed by atoms with Gasteiger partial charge >= 0.3 is 10.1 Å². The smallest absolute Gasteiger partial charge is 0.404 e. The molecule has 0 saturated carbocycles. The number of ketones is 1. The number of ether oxygens (including phenoxy) is 5. The molecule has 1 unspecified atom stereocenters. The van der Waals surface area contributed by atoms with Gasteiger partial charge in [-0.2, -0.15) is 0 Å². The van der Waals surface area contributed by atoms with Gasteiger partial charge in [-0.25, -0.2) is 4.79 Å². The normalized spacial score (nSPS) is 12.3. The Morgan fingerprint density at radius 1 is 0.842 bits per heavy atom. The van der Waals surface area contributed by atoms with Crippen molar-refractivity contribution in [3.05, 3.63) is 55.6 Å². The highest BCUT2D eigenvalue weighted by atomic mass is 35.5. The van der Waals surface area contributed by atoms with Crippen molar-refractivity contribution in [2.45, 2.75) is 27.4 Å². The minimum atomic E-state index is -1.03. The van der Waals surface area contributed by atoms with Gasteiger partial charge in [-0.15, -0.1) is 0 Å². The highest BCUT2D eigenvalue weighted by Crippen LogP contribution is 2.41. The topological polar surface area (TPSA) is 184 Å². The molecule has 2 aromatic rings. The molecule has 0 saturated heterocycles. The van der Waals surface area contributed by atoms with Crippen LogP contribution in [0.15, 0.2) is 24.3 Å². The lowest BCUT2D eigenvalue weighted by Gasteiger charge is -2.12. The number of carbonyl (C=O) groups is 3. The summed E-state index contributed by atoms with van der Waals surface area (Å²) >= 11 is 13.9. The minimum absolute atomic E-state index is 0. The number of hydrogen-bond donors (Lipinski definition) is 0. The van der Waals surface area contributed by atoms with Crippen LogP contribution in [0.3, 0.4) is 0 Å². The summed E-state index contributed by atoms with van der Waals surface area (Å²) in [4.78, 5) is 51.2. The molecule has 1 atom stereocenters. The van der Waals surface area contributed by atoms with Gasteiger partial charge in [-0.3, -0.25) is 29.8 Å². The molecule has 2 aliphatic heterocycles. The van der Waals surface area contributed by atoms with Gasteiger partial charge in [0.1, 0.15) is 6.10 Å². The van der Waals surface area contributed by atoms with Crippen LogP contribution in [0.5, 0.6) is 23.0 Å². The summed E-state index contributed by atoms with van der Waals surface area (Å²) in [6.07, 6.45) is -0.857. The van der Waals surface area contributed by atoms with Crippen LogP contribution in [0.25, 0.3) is 0 Å². The highest BCUT2D eigenvalue weighted by molar-refractivity contribution is 6.93. The number of carbonyl (C=O) groups excluding carboxylic acids is 3. The van der Waals surface area contributed by atoms with Crippen molar-refractivity contribution in [3.63, 3.8) is 0 Å². The number of fused-ring (bicyclic) bond motifs is 2. The van der Waals surface area contributed by atoms with Crippen LogP contribution in [-0.2, 0) is 4.74 Å². The molecule has 0 N–H and O–H groups in total. The third-order valence-electron chi connectivity index (χ3n) is 4.49. The lowest BCUT2D eigenvalue weighted by Crippen LogP contribution is -2.05. The van der Waals surface area contributed by atoms with Crippen LogP contribution >= 0.6 is 34.8 Å². The molecule has 14 nitrogen and oxygen atoms in total. The second kappa shape index (κ2) is 14.2. The average Bonchev–Trinajstić information content (AvgIpc) is 3.45. The molecule has 0 fully saturated rings. The molecular formula is C21H19Cl3N2O12. The van der Waals surface area contributed by atoms with Gasteiger partial charge in [0.2, 0.25) is 13.6 Å². The zero-order chi connectivity index (χ0) is 27.9. The summed E-state index contributed by atoms with van der Waals surface area (Å²) in [5, 5.41) is 21.6. The zero-order valence-electron chi connectivity index (χ0n) is 18.7. The third-order valence-corrected chi connectivity index (χ3v) is 4.58. The van der Waals surface area contributed by atoms with E-state index in [1.54, 1.807) is 0 Å². The van der Waals surface area contributed by atoms with Crippen molar-refractivity contribution in [3.8, 4) is 23.0 Å². The van der Waals surface area contributed by atoms with Crippen molar-refractivity contribution in [2.75, 3.05) is 13.6 Å². The molecule has 2 aromatic carbocycles. The molecule has 17 heteroatoms. The fraction of sp³-hybridized carbons (Fsp3) is 0.286. The van der Waals surface area contributed by atoms with E-state index >= 15 is 0 Å². The van der Waals surface area contributed by atoms with Crippen LogP contribution in [0.4, 0.5) is 21.0 Å². The van der Waals surface area contributed by atoms with Crippen LogP contribution in [0.1, 0.15) is 43.3 Å². The van der Waals surface area contributed by atoms with E-state index in [9.17, 15) is 29.8 Å². The van der Waals surface area contributed by atoms with Gasteiger partial charge in [0.25, 0.3) is 11.4 Å². The Balaban J connectivity index is 0.000000329. The second-order valence-corrected chi connectivity index (χ2v) is 7.97. The van der Waals surface area contributed by atoms with Gasteiger partial charge in [0.05, 0.1) is 33.1 Å². The summed E-state index contributed by atoms with van der Waals surface area (Å²) in [5.41, 5.74) is -1.28. The Labute approximate surface area is 229 Å². The average molecular weight is 598 g/mol. The third kappa shape index (κ3) is 8.61. The molecule has 206 valence electrons. The minimum Gasteiger partial charge on any atom is -0.454 e. The number of halogens is 3. The molecule has 0 bridgehead atoms. The number of rotatable bonds is 5. The predicted molar refractivity (Wildman–Crippen MR) is 133 cm³/mol. The van der Waals surface area contributed by atoms with Gasteiger partial charge < -0.3 is 23.7 Å². The standard InChI is InChI=1S/C10H8ClNO6.C9H7NO5.CCl2O.CH4/c1-5(18-10(11)13)6-2-8-9(17-4-16-8)3-7(6)12(14)15;1-5(11)6-2-8-9(15-4-14-8)3-7(6)10(12)13;2-1(3)4;/h2-3,5H,4H2,1H3;2-3H,4H2,1H3;;1H4. The van der Waals surface area contributed by atoms with Crippen molar-refractivity contribution in [1.82, 2.24) is 0 Å². The van der Waals surface area contributed by atoms with E-state index in [-0.39, 0.29) is 55.0 Å². The number of Topliss-reactive ketones (excluding diaryl/α,β-unsaturated/α-hetero) is 1. The zero-order valence-corrected chi connectivity index (χ0v) is 21.0. The number of nitro groups is 2. The maximum atomic E-state index is 11.2. The van der Waals surface area contributed by atoms with E-state index in [4.69, 9.17) is 40.1 Å². The first-order valence-electron chi connectivity index (χ1n) is 9.69. The quantitative estimate of drug-likeness (QED) is 0.158. The van der Waals surface area contributed by atoms with E-state index in [2.05, 4.69) is 23.2 Å². The van der Waals surface area contributed by atoms with E-state index in [1.807, 2.05) is 0 Å². The second-order valence-electron chi connectivity index (χ2n) is 6.78. The van der Waals surface area contributed by atoms with Crippen LogP contribution in [0.2, 0.25) is 0 Å².